The summed E-state index contributed by atoms with van der Waals surface area (Å²) in [5.41, 5.74) is 4.99. The van der Waals surface area contributed by atoms with Crippen molar-refractivity contribution in [1.82, 2.24) is 0 Å². The second kappa shape index (κ2) is 8.09. The second-order valence-electron chi connectivity index (χ2n) is 8.48. The van der Waals surface area contributed by atoms with Crippen molar-refractivity contribution in [3.8, 4) is 33.8 Å². The van der Waals surface area contributed by atoms with Crippen molar-refractivity contribution in [2.45, 2.75) is 0 Å². The number of fused-ring (bicyclic) bond motifs is 7. The molecule has 0 saturated heterocycles. The van der Waals surface area contributed by atoms with Crippen LogP contribution in [-0.4, -0.2) is 14.2 Å². The fourth-order valence-corrected chi connectivity index (χ4v) is 8.27. The number of rotatable bonds is 4. The predicted molar refractivity (Wildman–Crippen MR) is 154 cm³/mol. The van der Waals surface area contributed by atoms with Crippen LogP contribution >= 0.6 is 34.0 Å². The molecule has 0 bridgehead atoms. The maximum absolute atomic E-state index is 5.38. The van der Waals surface area contributed by atoms with Gasteiger partial charge in [0.25, 0.3) is 0 Å². The molecule has 3 aromatic heterocycles. The Morgan fingerprint density at radius 2 is 0.971 bits per heavy atom. The van der Waals surface area contributed by atoms with E-state index < -0.39 is 0 Å². The third kappa shape index (κ3) is 3.19. The zero-order chi connectivity index (χ0) is 23.5. The average Bonchev–Trinajstić information content (AvgIpc) is 3.65. The Kier molecular flexibility index (Phi) is 4.84. The Bertz CT molecular complexity index is 1720. The lowest BCUT2D eigenvalue weighted by Crippen LogP contribution is -1.84. The number of hydrogen-bond acceptors (Lipinski definition) is 5. The van der Waals surface area contributed by atoms with E-state index in [1.165, 1.54) is 62.6 Å². The Morgan fingerprint density at radius 3 is 1.37 bits per heavy atom. The fourth-order valence-electron chi connectivity index (χ4n) is 4.99. The summed E-state index contributed by atoms with van der Waals surface area (Å²) in [7, 11) is 3.42. The van der Waals surface area contributed by atoms with Crippen LogP contribution in [0.3, 0.4) is 0 Å². The van der Waals surface area contributed by atoms with Gasteiger partial charge in [-0.15, -0.1) is 34.0 Å². The Morgan fingerprint density at radius 1 is 0.543 bits per heavy atom. The van der Waals surface area contributed by atoms with Gasteiger partial charge in [-0.2, -0.15) is 0 Å². The third-order valence-corrected chi connectivity index (χ3v) is 9.63. The van der Waals surface area contributed by atoms with Crippen LogP contribution in [0.1, 0.15) is 0 Å². The van der Waals surface area contributed by atoms with Crippen molar-refractivity contribution >= 4 is 74.4 Å². The molecule has 0 N–H and O–H groups in total. The van der Waals surface area contributed by atoms with Crippen LogP contribution in [0.5, 0.6) is 11.5 Å². The van der Waals surface area contributed by atoms with E-state index in [1.54, 1.807) is 14.2 Å². The molecule has 0 radical (unpaired) electrons. The number of thiophene rings is 3. The molecule has 7 aromatic rings. The van der Waals surface area contributed by atoms with Crippen molar-refractivity contribution in [3.63, 3.8) is 0 Å². The lowest BCUT2D eigenvalue weighted by atomic mass is 9.97. The minimum atomic E-state index is 0.879. The summed E-state index contributed by atoms with van der Waals surface area (Å²) in [6, 6.07) is 26.1. The van der Waals surface area contributed by atoms with Gasteiger partial charge in [-0.25, -0.2) is 0 Å². The molecule has 35 heavy (non-hydrogen) atoms. The molecule has 7 rings (SSSR count). The van der Waals surface area contributed by atoms with E-state index in [0.29, 0.717) is 0 Å². The van der Waals surface area contributed by atoms with Gasteiger partial charge >= 0.3 is 0 Å². The van der Waals surface area contributed by atoms with Gasteiger partial charge in [-0.3, -0.25) is 0 Å². The molecule has 5 heteroatoms. The predicted octanol–water partition coefficient (Wildman–Crippen LogP) is 9.84. The molecule has 4 aromatic carbocycles. The standard InChI is InChI=1S/C30H20O2S3/c1-31-19-7-3-17(4-8-19)23-15-25-27(29-21(23)11-13-33-29)28-26(35-25)16-24(22-12-14-34-30(22)28)18-5-9-20(32-2)10-6-18/h3-16H,1-2H3. The van der Waals surface area contributed by atoms with Crippen LogP contribution in [0.4, 0.5) is 0 Å². The van der Waals surface area contributed by atoms with Crippen molar-refractivity contribution in [2.24, 2.45) is 0 Å². The maximum Gasteiger partial charge on any atom is 0.118 e. The number of benzene rings is 4. The molecule has 3 heterocycles. The highest BCUT2D eigenvalue weighted by Crippen LogP contribution is 2.49. The minimum Gasteiger partial charge on any atom is -0.497 e. The van der Waals surface area contributed by atoms with Crippen LogP contribution in [0, 0.1) is 0 Å². The van der Waals surface area contributed by atoms with Gasteiger partial charge in [-0.1, -0.05) is 24.3 Å². The lowest BCUT2D eigenvalue weighted by Gasteiger charge is -2.08. The summed E-state index contributed by atoms with van der Waals surface area (Å²) in [6.07, 6.45) is 0. The van der Waals surface area contributed by atoms with E-state index in [4.69, 9.17) is 9.47 Å². The van der Waals surface area contributed by atoms with Crippen LogP contribution in [0.15, 0.2) is 83.6 Å². The molecule has 0 aliphatic rings. The summed E-state index contributed by atoms with van der Waals surface area (Å²) in [5, 5.41) is 9.85. The van der Waals surface area contributed by atoms with E-state index in [9.17, 15) is 0 Å². The quantitative estimate of drug-likeness (QED) is 0.235. The van der Waals surface area contributed by atoms with Gasteiger partial charge in [-0.05, 0) is 81.5 Å². The normalized spacial score (nSPS) is 11.7. The summed E-state index contributed by atoms with van der Waals surface area (Å²) in [4.78, 5) is 0. The van der Waals surface area contributed by atoms with Crippen molar-refractivity contribution in [2.75, 3.05) is 14.2 Å². The molecular weight excluding hydrogens is 489 g/mol. The zero-order valence-corrected chi connectivity index (χ0v) is 21.6. The van der Waals surface area contributed by atoms with E-state index in [2.05, 4.69) is 59.3 Å². The van der Waals surface area contributed by atoms with Crippen LogP contribution in [0.25, 0.3) is 62.6 Å². The van der Waals surface area contributed by atoms with Crippen molar-refractivity contribution in [1.29, 1.82) is 0 Å². The first-order chi connectivity index (χ1) is 17.2. The molecule has 0 saturated carbocycles. The van der Waals surface area contributed by atoms with Gasteiger partial charge in [0.05, 0.1) is 14.2 Å². The molecule has 0 spiro atoms. The van der Waals surface area contributed by atoms with E-state index in [-0.39, 0.29) is 0 Å². The third-order valence-electron chi connectivity index (χ3n) is 6.68. The molecule has 0 aliphatic carbocycles. The van der Waals surface area contributed by atoms with Crippen LogP contribution in [0.2, 0.25) is 0 Å². The second-order valence-corrected chi connectivity index (χ2v) is 11.4. The molecule has 0 amide bonds. The molecular formula is C30H20O2S3. The lowest BCUT2D eigenvalue weighted by molar-refractivity contribution is 0.415. The molecule has 170 valence electrons. The first-order valence-corrected chi connectivity index (χ1v) is 13.9. The van der Waals surface area contributed by atoms with Gasteiger partial charge < -0.3 is 9.47 Å². The highest BCUT2D eigenvalue weighted by molar-refractivity contribution is 7.28. The highest BCUT2D eigenvalue weighted by Gasteiger charge is 2.19. The molecule has 0 aliphatic heterocycles. The minimum absolute atomic E-state index is 0.879. The Labute approximate surface area is 214 Å². The largest absolute Gasteiger partial charge is 0.497 e. The average molecular weight is 509 g/mol. The SMILES string of the molecule is COc1ccc(-c2cc3sc4cc(-c5ccc(OC)cc5)c5ccsc5c4c3c3sccc23)cc1. The first-order valence-electron chi connectivity index (χ1n) is 11.3. The number of hydrogen-bond donors (Lipinski definition) is 0. The first kappa shape index (κ1) is 20.9. The smallest absolute Gasteiger partial charge is 0.118 e. The van der Waals surface area contributed by atoms with Gasteiger partial charge in [0.2, 0.25) is 0 Å². The summed E-state index contributed by atoms with van der Waals surface area (Å²) in [6.45, 7) is 0. The van der Waals surface area contributed by atoms with Crippen molar-refractivity contribution in [3.05, 3.63) is 83.6 Å². The Hall–Kier alpha value is -3.38. The maximum atomic E-state index is 5.38. The highest BCUT2D eigenvalue weighted by atomic mass is 32.1. The monoisotopic (exact) mass is 508 g/mol. The van der Waals surface area contributed by atoms with E-state index in [1.807, 2.05) is 58.3 Å². The Balaban J connectivity index is 1.53. The molecule has 2 nitrogen and oxygen atoms in total. The van der Waals surface area contributed by atoms with Crippen LogP contribution < -0.4 is 9.47 Å². The summed E-state index contributed by atoms with van der Waals surface area (Å²) in [5.74, 6) is 1.76. The van der Waals surface area contributed by atoms with Crippen LogP contribution in [-0.2, 0) is 0 Å². The molecule has 0 fully saturated rings. The van der Waals surface area contributed by atoms with Crippen molar-refractivity contribution < 1.29 is 9.47 Å². The van der Waals surface area contributed by atoms with E-state index >= 15 is 0 Å². The summed E-state index contributed by atoms with van der Waals surface area (Å²) >= 11 is 5.58. The summed E-state index contributed by atoms with van der Waals surface area (Å²) < 4.78 is 16.2. The molecule has 0 atom stereocenters. The topological polar surface area (TPSA) is 18.5 Å². The molecule has 0 unspecified atom stereocenters. The number of methoxy groups -OCH3 is 2. The number of ether oxygens (including phenoxy) is 2. The van der Waals surface area contributed by atoms with Gasteiger partial charge in [0.1, 0.15) is 11.5 Å². The zero-order valence-electron chi connectivity index (χ0n) is 19.1. The van der Waals surface area contributed by atoms with Gasteiger partial charge in [0, 0.05) is 40.3 Å². The fraction of sp³-hybridized carbons (Fsp3) is 0.0667. The van der Waals surface area contributed by atoms with Gasteiger partial charge in [0.15, 0.2) is 0 Å². The van der Waals surface area contributed by atoms with E-state index in [0.717, 1.165) is 11.5 Å².